The molecule has 0 spiro atoms. The fourth-order valence-electron chi connectivity index (χ4n) is 1.76. The molecular weight excluding hydrogens is 250 g/mol. The molecule has 0 unspecified atom stereocenters. The maximum absolute atomic E-state index is 11.2. The molecule has 1 rings (SSSR count). The molecule has 0 heterocycles. The summed E-state index contributed by atoms with van der Waals surface area (Å²) in [6, 6.07) is 8.46. The van der Waals surface area contributed by atoms with E-state index in [1.165, 1.54) is 5.56 Å². The lowest BCUT2D eigenvalue weighted by molar-refractivity contribution is -0.120. The molecule has 0 aliphatic rings. The second kappa shape index (κ2) is 7.29. The number of nitrogens with zero attached hydrogens (tertiary/aromatic N) is 1. The third-order valence-electron chi connectivity index (χ3n) is 3.15. The first-order chi connectivity index (χ1) is 9.31. The van der Waals surface area contributed by atoms with Crippen molar-refractivity contribution in [2.45, 2.75) is 39.3 Å². The van der Waals surface area contributed by atoms with Gasteiger partial charge in [-0.3, -0.25) is 4.79 Å². The molecular formula is C16H27N3O. The molecule has 2 N–H and O–H groups in total. The van der Waals surface area contributed by atoms with Crippen LogP contribution in [-0.2, 0) is 11.3 Å². The first-order valence-corrected chi connectivity index (χ1v) is 7.07. The van der Waals surface area contributed by atoms with Crippen LogP contribution in [0.5, 0.6) is 0 Å². The zero-order valence-corrected chi connectivity index (χ0v) is 13.3. The number of carbonyl (C=O) groups excluding carboxylic acids is 1. The second-order valence-corrected chi connectivity index (χ2v) is 6.11. The smallest absolute Gasteiger partial charge is 0.221 e. The molecule has 0 saturated heterocycles. The van der Waals surface area contributed by atoms with Gasteiger partial charge in [0.2, 0.25) is 5.91 Å². The number of amides is 1. The number of nitrogens with one attached hydrogen (secondary N) is 2. The minimum Gasteiger partial charge on any atom is -0.374 e. The van der Waals surface area contributed by atoms with Crippen molar-refractivity contribution in [3.8, 4) is 0 Å². The van der Waals surface area contributed by atoms with Gasteiger partial charge in [-0.15, -0.1) is 0 Å². The van der Waals surface area contributed by atoms with Crippen LogP contribution in [0.2, 0.25) is 0 Å². The van der Waals surface area contributed by atoms with Gasteiger partial charge in [0.1, 0.15) is 0 Å². The predicted octanol–water partition coefficient (Wildman–Crippen LogP) is 2.15. The standard InChI is InChI=1S/C16H27N3O/c1-16(2,3)18-12-13-6-8-14(9-7-13)19(5)11-10-15(20)17-4/h6-9,18H,10-12H2,1-5H3,(H,17,20). The Morgan fingerprint density at radius 3 is 2.30 bits per heavy atom. The lowest BCUT2D eigenvalue weighted by Crippen LogP contribution is -2.35. The number of anilines is 1. The summed E-state index contributed by atoms with van der Waals surface area (Å²) in [6.45, 7) is 8.07. The average Bonchev–Trinajstić information content (AvgIpc) is 2.41. The summed E-state index contributed by atoms with van der Waals surface area (Å²) >= 11 is 0. The minimum absolute atomic E-state index is 0.0721. The highest BCUT2D eigenvalue weighted by Crippen LogP contribution is 2.14. The third-order valence-corrected chi connectivity index (χ3v) is 3.15. The Morgan fingerprint density at radius 1 is 1.20 bits per heavy atom. The van der Waals surface area contributed by atoms with E-state index < -0.39 is 0 Å². The molecule has 0 fully saturated rings. The van der Waals surface area contributed by atoms with Crippen LogP contribution in [0.15, 0.2) is 24.3 Å². The largest absolute Gasteiger partial charge is 0.374 e. The lowest BCUT2D eigenvalue weighted by Gasteiger charge is -2.22. The summed E-state index contributed by atoms with van der Waals surface area (Å²) in [5.41, 5.74) is 2.53. The lowest BCUT2D eigenvalue weighted by atomic mass is 10.1. The van der Waals surface area contributed by atoms with Gasteiger partial charge in [-0.05, 0) is 38.5 Å². The van der Waals surface area contributed by atoms with Crippen molar-refractivity contribution in [3.05, 3.63) is 29.8 Å². The van der Waals surface area contributed by atoms with E-state index in [4.69, 9.17) is 0 Å². The predicted molar refractivity (Wildman–Crippen MR) is 85.0 cm³/mol. The molecule has 112 valence electrons. The van der Waals surface area contributed by atoms with E-state index >= 15 is 0 Å². The van der Waals surface area contributed by atoms with E-state index in [2.05, 4.69) is 60.6 Å². The molecule has 0 aliphatic heterocycles. The minimum atomic E-state index is 0.0721. The zero-order valence-electron chi connectivity index (χ0n) is 13.3. The Bertz CT molecular complexity index is 420. The number of carbonyl (C=O) groups is 1. The van der Waals surface area contributed by atoms with Gasteiger partial charge in [0.25, 0.3) is 0 Å². The molecule has 0 aliphatic carbocycles. The zero-order chi connectivity index (χ0) is 15.2. The molecule has 0 atom stereocenters. The number of hydrogen-bond donors (Lipinski definition) is 2. The molecule has 1 amide bonds. The summed E-state index contributed by atoms with van der Waals surface area (Å²) in [7, 11) is 3.67. The van der Waals surface area contributed by atoms with Crippen molar-refractivity contribution in [1.29, 1.82) is 0 Å². The van der Waals surface area contributed by atoms with Crippen molar-refractivity contribution in [2.75, 3.05) is 25.5 Å². The van der Waals surface area contributed by atoms with Crippen LogP contribution in [0.1, 0.15) is 32.8 Å². The Morgan fingerprint density at radius 2 is 1.80 bits per heavy atom. The molecule has 4 heteroatoms. The SMILES string of the molecule is CNC(=O)CCN(C)c1ccc(CNC(C)(C)C)cc1. The van der Waals surface area contributed by atoms with Crippen LogP contribution in [0, 0.1) is 0 Å². The van der Waals surface area contributed by atoms with Crippen LogP contribution in [0.4, 0.5) is 5.69 Å². The molecule has 0 saturated carbocycles. The molecule has 1 aromatic carbocycles. The van der Waals surface area contributed by atoms with Crippen molar-refractivity contribution in [3.63, 3.8) is 0 Å². The summed E-state index contributed by atoms with van der Waals surface area (Å²) in [5.74, 6) is 0.0721. The molecule has 20 heavy (non-hydrogen) atoms. The fraction of sp³-hybridized carbons (Fsp3) is 0.562. The van der Waals surface area contributed by atoms with Gasteiger partial charge in [-0.25, -0.2) is 0 Å². The average molecular weight is 277 g/mol. The normalized spacial score (nSPS) is 11.2. The Balaban J connectivity index is 2.51. The monoisotopic (exact) mass is 277 g/mol. The Labute approximate surface area is 122 Å². The fourth-order valence-corrected chi connectivity index (χ4v) is 1.76. The van der Waals surface area contributed by atoms with Crippen LogP contribution in [-0.4, -0.2) is 32.1 Å². The number of rotatable bonds is 6. The number of benzene rings is 1. The first-order valence-electron chi connectivity index (χ1n) is 7.07. The summed E-state index contributed by atoms with van der Waals surface area (Å²) < 4.78 is 0. The van der Waals surface area contributed by atoms with Crippen molar-refractivity contribution < 1.29 is 4.79 Å². The van der Waals surface area contributed by atoms with Gasteiger partial charge < -0.3 is 15.5 Å². The Kier molecular flexibility index (Phi) is 6.02. The van der Waals surface area contributed by atoms with E-state index in [0.717, 1.165) is 18.8 Å². The third kappa shape index (κ3) is 6.06. The maximum atomic E-state index is 11.2. The highest BCUT2D eigenvalue weighted by atomic mass is 16.1. The van der Waals surface area contributed by atoms with E-state index in [0.29, 0.717) is 6.42 Å². The first kappa shape index (κ1) is 16.5. The van der Waals surface area contributed by atoms with E-state index in [9.17, 15) is 4.79 Å². The van der Waals surface area contributed by atoms with Crippen LogP contribution in [0.3, 0.4) is 0 Å². The van der Waals surface area contributed by atoms with Crippen molar-refractivity contribution >= 4 is 11.6 Å². The van der Waals surface area contributed by atoms with Crippen LogP contribution < -0.4 is 15.5 Å². The number of hydrogen-bond acceptors (Lipinski definition) is 3. The highest BCUT2D eigenvalue weighted by molar-refractivity contribution is 5.76. The van der Waals surface area contributed by atoms with E-state index in [1.807, 2.05) is 7.05 Å². The van der Waals surface area contributed by atoms with Gasteiger partial charge in [-0.2, -0.15) is 0 Å². The summed E-state index contributed by atoms with van der Waals surface area (Å²) in [6.07, 6.45) is 0.514. The van der Waals surface area contributed by atoms with Gasteiger partial charge >= 0.3 is 0 Å². The summed E-state index contributed by atoms with van der Waals surface area (Å²) in [5, 5.41) is 6.11. The second-order valence-electron chi connectivity index (χ2n) is 6.11. The molecule has 1 aromatic rings. The quantitative estimate of drug-likeness (QED) is 0.837. The molecule has 0 aromatic heterocycles. The topological polar surface area (TPSA) is 44.4 Å². The molecule has 4 nitrogen and oxygen atoms in total. The maximum Gasteiger partial charge on any atom is 0.221 e. The van der Waals surface area contributed by atoms with Gasteiger partial charge in [0, 0.05) is 44.8 Å². The van der Waals surface area contributed by atoms with Gasteiger partial charge in [0.05, 0.1) is 0 Å². The molecule has 0 bridgehead atoms. The van der Waals surface area contributed by atoms with E-state index in [1.54, 1.807) is 7.05 Å². The Hall–Kier alpha value is -1.55. The van der Waals surface area contributed by atoms with Crippen LogP contribution in [0.25, 0.3) is 0 Å². The van der Waals surface area contributed by atoms with Gasteiger partial charge in [0.15, 0.2) is 0 Å². The van der Waals surface area contributed by atoms with Crippen LogP contribution >= 0.6 is 0 Å². The highest BCUT2D eigenvalue weighted by Gasteiger charge is 2.08. The summed E-state index contributed by atoms with van der Waals surface area (Å²) in [4.78, 5) is 13.3. The van der Waals surface area contributed by atoms with Crippen molar-refractivity contribution in [1.82, 2.24) is 10.6 Å². The van der Waals surface area contributed by atoms with Gasteiger partial charge in [-0.1, -0.05) is 12.1 Å². The molecule has 0 radical (unpaired) electrons. The van der Waals surface area contributed by atoms with E-state index in [-0.39, 0.29) is 11.4 Å². The van der Waals surface area contributed by atoms with Crippen molar-refractivity contribution in [2.24, 2.45) is 0 Å².